The van der Waals surface area contributed by atoms with Crippen LogP contribution in [0.5, 0.6) is 11.5 Å². The van der Waals surface area contributed by atoms with Crippen LogP contribution in [-0.4, -0.2) is 21.4 Å². The van der Waals surface area contributed by atoms with Gasteiger partial charge < -0.3 is 14.2 Å². The summed E-state index contributed by atoms with van der Waals surface area (Å²) in [6, 6.07) is 19.7. The van der Waals surface area contributed by atoms with Gasteiger partial charge >= 0.3 is 10.1 Å². The molecule has 0 bridgehead atoms. The molecule has 0 fully saturated rings. The van der Waals surface area contributed by atoms with E-state index in [4.69, 9.17) is 8.92 Å². The zero-order valence-electron chi connectivity index (χ0n) is 18.3. The largest absolute Gasteiger partial charge is 0.493 e. The van der Waals surface area contributed by atoms with Crippen LogP contribution in [0.1, 0.15) is 16.7 Å². The molecule has 0 heterocycles. The van der Waals surface area contributed by atoms with E-state index in [9.17, 15) is 18.5 Å². The molecule has 3 aromatic rings. The smallest absolute Gasteiger partial charge is 0.339 e. The van der Waals surface area contributed by atoms with Crippen molar-refractivity contribution in [2.24, 2.45) is 0 Å². The Labute approximate surface area is 193 Å². The minimum Gasteiger partial charge on any atom is -0.493 e. The standard InChI is InChI=1S/C25H22N2O5S/c1-17-4-9-21(10-5-17)27-25(28)20(16-26)14-19-8-13-23(24(15-19)31-3)32-33(29,30)22-11-6-18(2)7-12-22/h4-15H,1-3H3,(H,27,28)/b20-14-. The first-order valence-corrected chi connectivity index (χ1v) is 11.3. The highest BCUT2D eigenvalue weighted by molar-refractivity contribution is 7.87. The van der Waals surface area contributed by atoms with E-state index >= 15 is 0 Å². The Kier molecular flexibility index (Phi) is 7.16. The van der Waals surface area contributed by atoms with Crippen LogP contribution in [0.3, 0.4) is 0 Å². The van der Waals surface area contributed by atoms with Crippen LogP contribution in [-0.2, 0) is 14.9 Å². The number of carbonyl (C=O) groups is 1. The highest BCUT2D eigenvalue weighted by Crippen LogP contribution is 2.31. The number of hydrogen-bond acceptors (Lipinski definition) is 6. The second-order valence-corrected chi connectivity index (χ2v) is 8.80. The van der Waals surface area contributed by atoms with Crippen LogP contribution in [0, 0.1) is 25.2 Å². The van der Waals surface area contributed by atoms with Crippen molar-refractivity contribution in [3.05, 3.63) is 89.0 Å². The third-order valence-electron chi connectivity index (χ3n) is 4.68. The number of carbonyl (C=O) groups excluding carboxylic acids is 1. The molecular formula is C25H22N2O5S. The average molecular weight is 463 g/mol. The topological polar surface area (TPSA) is 105 Å². The molecule has 0 atom stereocenters. The zero-order valence-corrected chi connectivity index (χ0v) is 19.1. The van der Waals surface area contributed by atoms with Gasteiger partial charge in [-0.05, 0) is 61.9 Å². The lowest BCUT2D eigenvalue weighted by Crippen LogP contribution is -2.13. The number of amides is 1. The van der Waals surface area contributed by atoms with Gasteiger partial charge in [0.15, 0.2) is 11.5 Å². The predicted molar refractivity (Wildman–Crippen MR) is 125 cm³/mol. The first-order valence-electron chi connectivity index (χ1n) is 9.91. The Balaban J connectivity index is 1.83. The minimum atomic E-state index is -4.07. The second kappa shape index (κ2) is 10.0. The molecule has 0 aliphatic heterocycles. The van der Waals surface area contributed by atoms with Crippen molar-refractivity contribution in [3.8, 4) is 17.6 Å². The summed E-state index contributed by atoms with van der Waals surface area (Å²) in [5, 5.41) is 12.1. The molecule has 168 valence electrons. The summed E-state index contributed by atoms with van der Waals surface area (Å²) >= 11 is 0. The van der Waals surface area contributed by atoms with E-state index in [0.29, 0.717) is 11.3 Å². The summed E-state index contributed by atoms with van der Waals surface area (Å²) in [4.78, 5) is 12.5. The van der Waals surface area contributed by atoms with Crippen LogP contribution in [0.4, 0.5) is 5.69 Å². The highest BCUT2D eigenvalue weighted by atomic mass is 32.2. The van der Waals surface area contributed by atoms with Gasteiger partial charge in [0.05, 0.1) is 7.11 Å². The number of aryl methyl sites for hydroxylation is 2. The van der Waals surface area contributed by atoms with E-state index in [1.165, 1.54) is 43.5 Å². The van der Waals surface area contributed by atoms with Gasteiger partial charge in [0, 0.05) is 5.69 Å². The zero-order chi connectivity index (χ0) is 24.0. The molecule has 8 heteroatoms. The lowest BCUT2D eigenvalue weighted by atomic mass is 10.1. The Hall–Kier alpha value is -4.09. The molecule has 7 nitrogen and oxygen atoms in total. The van der Waals surface area contributed by atoms with Crippen LogP contribution in [0.25, 0.3) is 6.08 Å². The van der Waals surface area contributed by atoms with E-state index in [1.54, 1.807) is 24.3 Å². The first kappa shape index (κ1) is 23.6. The average Bonchev–Trinajstić information content (AvgIpc) is 2.79. The molecule has 3 rings (SSSR count). The fourth-order valence-electron chi connectivity index (χ4n) is 2.86. The van der Waals surface area contributed by atoms with E-state index in [-0.39, 0.29) is 22.0 Å². The Morgan fingerprint density at radius 3 is 2.12 bits per heavy atom. The number of nitrogens with one attached hydrogen (secondary N) is 1. The second-order valence-electron chi connectivity index (χ2n) is 7.25. The molecule has 0 spiro atoms. The highest BCUT2D eigenvalue weighted by Gasteiger charge is 2.19. The molecule has 33 heavy (non-hydrogen) atoms. The molecule has 1 N–H and O–H groups in total. The maximum absolute atomic E-state index is 12.6. The van der Waals surface area contributed by atoms with Crippen molar-refractivity contribution >= 4 is 27.8 Å². The van der Waals surface area contributed by atoms with Gasteiger partial charge in [-0.2, -0.15) is 13.7 Å². The monoisotopic (exact) mass is 462 g/mol. The number of methoxy groups -OCH3 is 1. The van der Waals surface area contributed by atoms with E-state index in [0.717, 1.165) is 11.1 Å². The first-order chi connectivity index (χ1) is 15.7. The van der Waals surface area contributed by atoms with E-state index in [1.807, 2.05) is 32.0 Å². The summed E-state index contributed by atoms with van der Waals surface area (Å²) in [7, 11) is -2.70. The Morgan fingerprint density at radius 1 is 0.939 bits per heavy atom. The maximum atomic E-state index is 12.6. The van der Waals surface area contributed by atoms with E-state index < -0.39 is 16.0 Å². The Bertz CT molecular complexity index is 1340. The predicted octanol–water partition coefficient (Wildman–Crippen LogP) is 4.63. The van der Waals surface area contributed by atoms with Gasteiger partial charge in [0.25, 0.3) is 5.91 Å². The van der Waals surface area contributed by atoms with Crippen molar-refractivity contribution in [1.82, 2.24) is 0 Å². The summed E-state index contributed by atoms with van der Waals surface area (Å²) in [5.41, 5.74) is 2.86. The molecule has 3 aromatic carbocycles. The summed E-state index contributed by atoms with van der Waals surface area (Å²) < 4.78 is 35.7. The number of ether oxygens (including phenoxy) is 1. The number of hydrogen-bond donors (Lipinski definition) is 1. The van der Waals surface area contributed by atoms with Crippen LogP contribution < -0.4 is 14.2 Å². The van der Waals surface area contributed by atoms with Gasteiger partial charge in [-0.3, -0.25) is 4.79 Å². The third kappa shape index (κ3) is 5.99. The van der Waals surface area contributed by atoms with Crippen LogP contribution in [0.2, 0.25) is 0 Å². The van der Waals surface area contributed by atoms with Gasteiger partial charge in [-0.15, -0.1) is 0 Å². The number of nitrogens with zero attached hydrogens (tertiary/aromatic N) is 1. The lowest BCUT2D eigenvalue weighted by Gasteiger charge is -2.12. The van der Waals surface area contributed by atoms with Gasteiger partial charge in [0.2, 0.25) is 0 Å². The molecule has 0 unspecified atom stereocenters. The minimum absolute atomic E-state index is 0.0127. The van der Waals surface area contributed by atoms with Crippen molar-refractivity contribution in [2.75, 3.05) is 12.4 Å². The fraction of sp³-hybridized carbons (Fsp3) is 0.120. The normalized spacial score (nSPS) is 11.4. The van der Waals surface area contributed by atoms with Crippen molar-refractivity contribution < 1.29 is 22.1 Å². The van der Waals surface area contributed by atoms with Gasteiger partial charge in [-0.1, -0.05) is 41.5 Å². The number of nitriles is 1. The molecular weight excluding hydrogens is 440 g/mol. The number of benzene rings is 3. The van der Waals surface area contributed by atoms with Gasteiger partial charge in [-0.25, -0.2) is 0 Å². The third-order valence-corrected chi connectivity index (χ3v) is 5.93. The summed E-state index contributed by atoms with van der Waals surface area (Å²) in [6.07, 6.45) is 1.38. The fourth-order valence-corrected chi connectivity index (χ4v) is 3.80. The van der Waals surface area contributed by atoms with Crippen molar-refractivity contribution in [2.45, 2.75) is 18.7 Å². The lowest BCUT2D eigenvalue weighted by molar-refractivity contribution is -0.112. The molecule has 0 radical (unpaired) electrons. The molecule has 0 saturated heterocycles. The molecule has 1 amide bonds. The summed E-state index contributed by atoms with van der Waals surface area (Å²) in [5.74, 6) is -0.448. The van der Waals surface area contributed by atoms with Crippen LogP contribution in [0.15, 0.2) is 77.2 Å². The molecule has 0 saturated carbocycles. The van der Waals surface area contributed by atoms with E-state index in [2.05, 4.69) is 5.32 Å². The Morgan fingerprint density at radius 2 is 1.55 bits per heavy atom. The maximum Gasteiger partial charge on any atom is 0.339 e. The van der Waals surface area contributed by atoms with Crippen molar-refractivity contribution in [3.63, 3.8) is 0 Å². The summed E-state index contributed by atoms with van der Waals surface area (Å²) in [6.45, 7) is 3.78. The van der Waals surface area contributed by atoms with Crippen LogP contribution >= 0.6 is 0 Å². The molecule has 0 aliphatic carbocycles. The quantitative estimate of drug-likeness (QED) is 0.312. The molecule has 0 aromatic heterocycles. The SMILES string of the molecule is COc1cc(/C=C(/C#N)C(=O)Nc2ccc(C)cc2)ccc1OS(=O)(=O)c1ccc(C)cc1. The number of anilines is 1. The number of rotatable bonds is 7. The van der Waals surface area contributed by atoms with Crippen molar-refractivity contribution in [1.29, 1.82) is 5.26 Å². The molecule has 0 aliphatic rings. The van der Waals surface area contributed by atoms with Gasteiger partial charge in [0.1, 0.15) is 16.5 Å².